The molecule has 0 fully saturated rings. The third-order valence-electron chi connectivity index (χ3n) is 6.76. The lowest BCUT2D eigenvalue weighted by molar-refractivity contribution is -0.151. The SMILES string of the molecule is CCCCCCCCCc1ccc(-c2ncc(-c3ccc(OC(C)C(=O)OCCCCC)cc3)cn2)cc1. The number of aromatic nitrogens is 2. The molecule has 3 rings (SSSR count). The lowest BCUT2D eigenvalue weighted by Gasteiger charge is -2.14. The number of unbranched alkanes of at least 4 members (excludes halogenated alkanes) is 8. The molecule has 5 nitrogen and oxygen atoms in total. The van der Waals surface area contributed by atoms with Gasteiger partial charge >= 0.3 is 5.97 Å². The maximum atomic E-state index is 12.1. The maximum absolute atomic E-state index is 12.1. The van der Waals surface area contributed by atoms with E-state index in [1.165, 1.54) is 50.5 Å². The molecule has 1 unspecified atom stereocenters. The van der Waals surface area contributed by atoms with E-state index in [1.807, 2.05) is 36.7 Å². The van der Waals surface area contributed by atoms with Crippen LogP contribution in [0.5, 0.6) is 5.75 Å². The largest absolute Gasteiger partial charge is 0.479 e. The summed E-state index contributed by atoms with van der Waals surface area (Å²) < 4.78 is 11.0. The van der Waals surface area contributed by atoms with E-state index in [1.54, 1.807) is 6.92 Å². The first-order valence-electron chi connectivity index (χ1n) is 14.5. The van der Waals surface area contributed by atoms with Gasteiger partial charge in [0, 0.05) is 23.5 Å². The number of carbonyl (C=O) groups is 1. The van der Waals surface area contributed by atoms with Crippen LogP contribution in [0.2, 0.25) is 0 Å². The zero-order valence-corrected chi connectivity index (χ0v) is 23.5. The topological polar surface area (TPSA) is 61.3 Å². The maximum Gasteiger partial charge on any atom is 0.347 e. The highest BCUT2D eigenvalue weighted by molar-refractivity contribution is 5.74. The summed E-state index contributed by atoms with van der Waals surface area (Å²) in [5, 5.41) is 0. The van der Waals surface area contributed by atoms with E-state index >= 15 is 0 Å². The number of rotatable bonds is 17. The molecule has 0 aliphatic heterocycles. The highest BCUT2D eigenvalue weighted by Crippen LogP contribution is 2.24. The molecular weight excluding hydrogens is 472 g/mol. The summed E-state index contributed by atoms with van der Waals surface area (Å²) >= 11 is 0. The van der Waals surface area contributed by atoms with Gasteiger partial charge in [-0.2, -0.15) is 0 Å². The molecule has 3 aromatic rings. The van der Waals surface area contributed by atoms with Crippen molar-refractivity contribution in [2.45, 2.75) is 97.5 Å². The average Bonchev–Trinajstić information content (AvgIpc) is 2.95. The zero-order valence-electron chi connectivity index (χ0n) is 23.5. The molecule has 38 heavy (non-hydrogen) atoms. The van der Waals surface area contributed by atoms with Crippen LogP contribution >= 0.6 is 0 Å². The van der Waals surface area contributed by atoms with Gasteiger partial charge in [-0.1, -0.05) is 102 Å². The Morgan fingerprint density at radius 1 is 0.711 bits per heavy atom. The van der Waals surface area contributed by atoms with Gasteiger partial charge in [-0.3, -0.25) is 0 Å². The number of benzene rings is 2. The van der Waals surface area contributed by atoms with E-state index in [0.717, 1.165) is 48.2 Å². The third kappa shape index (κ3) is 9.92. The van der Waals surface area contributed by atoms with Crippen LogP contribution in [0.25, 0.3) is 22.5 Å². The Morgan fingerprint density at radius 2 is 1.29 bits per heavy atom. The molecule has 0 radical (unpaired) electrons. The fraction of sp³-hybridized carbons (Fsp3) is 0.485. The van der Waals surface area contributed by atoms with E-state index in [2.05, 4.69) is 48.1 Å². The number of aryl methyl sites for hydroxylation is 1. The van der Waals surface area contributed by atoms with Crippen LogP contribution in [0.1, 0.15) is 90.5 Å². The van der Waals surface area contributed by atoms with Gasteiger partial charge in [-0.05, 0) is 49.4 Å². The average molecular weight is 517 g/mol. The summed E-state index contributed by atoms with van der Waals surface area (Å²) in [7, 11) is 0. The van der Waals surface area contributed by atoms with Crippen LogP contribution in [0, 0.1) is 0 Å². The number of ether oxygens (including phenoxy) is 2. The Balaban J connectivity index is 1.47. The first-order chi connectivity index (χ1) is 18.6. The fourth-order valence-electron chi connectivity index (χ4n) is 4.35. The van der Waals surface area contributed by atoms with Gasteiger partial charge in [0.25, 0.3) is 0 Å². The predicted octanol–water partition coefficient (Wildman–Crippen LogP) is 8.60. The summed E-state index contributed by atoms with van der Waals surface area (Å²) in [6.07, 6.45) is 16.5. The second-order valence-electron chi connectivity index (χ2n) is 10.0. The second kappa shape index (κ2) is 16.6. The van der Waals surface area contributed by atoms with Crippen molar-refractivity contribution in [1.29, 1.82) is 0 Å². The zero-order chi connectivity index (χ0) is 27.0. The molecule has 0 amide bonds. The Labute approximate surface area is 229 Å². The van der Waals surface area contributed by atoms with Gasteiger partial charge in [0.15, 0.2) is 11.9 Å². The van der Waals surface area contributed by atoms with Gasteiger partial charge < -0.3 is 9.47 Å². The molecule has 5 heteroatoms. The lowest BCUT2D eigenvalue weighted by atomic mass is 10.0. The highest BCUT2D eigenvalue weighted by atomic mass is 16.6. The van der Waals surface area contributed by atoms with E-state index in [-0.39, 0.29) is 5.97 Å². The molecule has 0 spiro atoms. The summed E-state index contributed by atoms with van der Waals surface area (Å²) in [4.78, 5) is 21.3. The van der Waals surface area contributed by atoms with Gasteiger partial charge in [-0.15, -0.1) is 0 Å². The van der Waals surface area contributed by atoms with Crippen LogP contribution in [-0.4, -0.2) is 28.6 Å². The molecular formula is C33H44N2O3. The fourth-order valence-corrected chi connectivity index (χ4v) is 4.35. The summed E-state index contributed by atoms with van der Waals surface area (Å²) in [5.41, 5.74) is 4.32. The standard InChI is InChI=1S/C33H44N2O3/c1-4-6-8-9-10-11-12-14-27-15-17-29(18-16-27)32-34-24-30(25-35-32)28-19-21-31(22-20-28)38-26(3)33(36)37-23-13-7-5-2/h15-22,24-26H,4-14,23H2,1-3H3. The number of nitrogens with zero attached hydrogens (tertiary/aromatic N) is 2. The molecule has 1 aromatic heterocycles. The molecule has 0 aliphatic rings. The molecule has 0 saturated carbocycles. The number of hydrogen-bond donors (Lipinski definition) is 0. The molecule has 1 heterocycles. The van der Waals surface area contributed by atoms with Crippen LogP contribution in [0.3, 0.4) is 0 Å². The van der Waals surface area contributed by atoms with Crippen molar-refractivity contribution in [3.63, 3.8) is 0 Å². The molecule has 0 aliphatic carbocycles. The van der Waals surface area contributed by atoms with Crippen LogP contribution in [-0.2, 0) is 16.0 Å². The quantitative estimate of drug-likeness (QED) is 0.133. The van der Waals surface area contributed by atoms with Crippen LogP contribution in [0.15, 0.2) is 60.9 Å². The molecule has 0 N–H and O–H groups in total. The van der Waals surface area contributed by atoms with E-state index in [0.29, 0.717) is 12.4 Å². The Bertz CT molecular complexity index is 1060. The van der Waals surface area contributed by atoms with Crippen molar-refractivity contribution < 1.29 is 14.3 Å². The normalized spacial score (nSPS) is 11.8. The Kier molecular flexibility index (Phi) is 12.8. The lowest BCUT2D eigenvalue weighted by Crippen LogP contribution is -2.26. The Hall–Kier alpha value is -3.21. The molecule has 1 atom stereocenters. The van der Waals surface area contributed by atoms with Crippen molar-refractivity contribution >= 4 is 5.97 Å². The smallest absolute Gasteiger partial charge is 0.347 e. The van der Waals surface area contributed by atoms with Gasteiger partial charge in [-0.25, -0.2) is 14.8 Å². The van der Waals surface area contributed by atoms with Crippen molar-refractivity contribution in [2.24, 2.45) is 0 Å². The van der Waals surface area contributed by atoms with Gasteiger partial charge in [0.2, 0.25) is 0 Å². The molecule has 204 valence electrons. The first-order valence-corrected chi connectivity index (χ1v) is 14.5. The number of esters is 1. The van der Waals surface area contributed by atoms with E-state index < -0.39 is 6.10 Å². The van der Waals surface area contributed by atoms with Gasteiger partial charge in [0.05, 0.1) is 6.61 Å². The van der Waals surface area contributed by atoms with Crippen molar-refractivity contribution in [1.82, 2.24) is 9.97 Å². The van der Waals surface area contributed by atoms with Crippen molar-refractivity contribution in [3.05, 3.63) is 66.5 Å². The summed E-state index contributed by atoms with van der Waals surface area (Å²) in [6.45, 7) is 6.54. The minimum absolute atomic E-state index is 0.333. The minimum atomic E-state index is -0.646. The summed E-state index contributed by atoms with van der Waals surface area (Å²) in [5.74, 6) is 1.02. The predicted molar refractivity (Wildman–Crippen MR) is 155 cm³/mol. The van der Waals surface area contributed by atoms with Crippen LogP contribution < -0.4 is 4.74 Å². The minimum Gasteiger partial charge on any atom is -0.479 e. The Morgan fingerprint density at radius 3 is 1.95 bits per heavy atom. The molecule has 0 bridgehead atoms. The van der Waals surface area contributed by atoms with E-state index in [9.17, 15) is 4.79 Å². The summed E-state index contributed by atoms with van der Waals surface area (Å²) in [6, 6.07) is 16.2. The monoisotopic (exact) mass is 516 g/mol. The first kappa shape index (κ1) is 29.3. The molecule has 2 aromatic carbocycles. The third-order valence-corrected chi connectivity index (χ3v) is 6.76. The van der Waals surface area contributed by atoms with Crippen molar-refractivity contribution in [3.8, 4) is 28.3 Å². The molecule has 0 saturated heterocycles. The number of carbonyl (C=O) groups excluding carboxylic acids is 1. The van der Waals surface area contributed by atoms with Gasteiger partial charge in [0.1, 0.15) is 5.75 Å². The number of hydrogen-bond acceptors (Lipinski definition) is 5. The van der Waals surface area contributed by atoms with E-state index in [4.69, 9.17) is 9.47 Å². The van der Waals surface area contributed by atoms with Crippen molar-refractivity contribution in [2.75, 3.05) is 6.61 Å². The second-order valence-corrected chi connectivity index (χ2v) is 10.0. The van der Waals surface area contributed by atoms with Crippen LogP contribution in [0.4, 0.5) is 0 Å². The highest BCUT2D eigenvalue weighted by Gasteiger charge is 2.16.